The molecule has 4 heteroatoms. The summed E-state index contributed by atoms with van der Waals surface area (Å²) < 4.78 is 5.51. The summed E-state index contributed by atoms with van der Waals surface area (Å²) in [5, 5.41) is 8.42. The summed E-state index contributed by atoms with van der Waals surface area (Å²) in [5.74, 6) is -0.796. The Morgan fingerprint density at radius 2 is 2.00 bits per heavy atom. The first kappa shape index (κ1) is 10.6. The molecule has 0 spiro atoms. The minimum Gasteiger partial charge on any atom is -0.481 e. The second kappa shape index (κ2) is 3.87. The maximum absolute atomic E-state index is 10.2. The molecule has 0 heterocycles. The molecule has 1 atom stereocenters. The zero-order valence-corrected chi connectivity index (χ0v) is 8.55. The van der Waals surface area contributed by atoms with Crippen LogP contribution in [-0.4, -0.2) is 25.5 Å². The van der Waals surface area contributed by atoms with Gasteiger partial charge in [-0.2, -0.15) is 0 Å². The molecular formula is C7H16O3Si. The Morgan fingerprint density at radius 3 is 2.27 bits per heavy atom. The molecule has 0 radical (unpaired) electrons. The maximum Gasteiger partial charge on any atom is 0.305 e. The number of carboxylic acids is 1. The Labute approximate surface area is 68.5 Å². The van der Waals surface area contributed by atoms with E-state index >= 15 is 0 Å². The third kappa shape index (κ3) is 7.54. The summed E-state index contributed by atoms with van der Waals surface area (Å²) in [5.41, 5.74) is 0. The van der Waals surface area contributed by atoms with E-state index in [0.717, 1.165) is 0 Å². The van der Waals surface area contributed by atoms with Crippen LogP contribution in [-0.2, 0) is 9.22 Å². The number of hydrogen-bond acceptors (Lipinski definition) is 2. The molecule has 0 saturated heterocycles. The highest BCUT2D eigenvalue weighted by molar-refractivity contribution is 6.69. The molecule has 0 aliphatic rings. The zero-order chi connectivity index (χ0) is 9.07. The molecule has 1 unspecified atom stereocenters. The summed E-state index contributed by atoms with van der Waals surface area (Å²) in [7, 11) is -1.55. The van der Waals surface area contributed by atoms with Crippen molar-refractivity contribution in [1.29, 1.82) is 0 Å². The van der Waals surface area contributed by atoms with Crippen LogP contribution < -0.4 is 0 Å². The van der Waals surface area contributed by atoms with E-state index in [1.165, 1.54) is 0 Å². The van der Waals surface area contributed by atoms with Crippen LogP contribution in [0.1, 0.15) is 13.3 Å². The minimum absolute atomic E-state index is 0.101. The highest BCUT2D eigenvalue weighted by atomic mass is 28.4. The molecule has 0 saturated carbocycles. The first-order valence-electron chi connectivity index (χ1n) is 3.71. The highest BCUT2D eigenvalue weighted by Crippen LogP contribution is 2.09. The first-order chi connectivity index (χ1) is 4.81. The van der Waals surface area contributed by atoms with Gasteiger partial charge in [0.2, 0.25) is 0 Å². The number of rotatable bonds is 4. The van der Waals surface area contributed by atoms with Crippen LogP contribution in [0.25, 0.3) is 0 Å². The fraction of sp³-hybridized carbons (Fsp3) is 0.857. The van der Waals surface area contributed by atoms with Gasteiger partial charge >= 0.3 is 5.97 Å². The van der Waals surface area contributed by atoms with E-state index in [2.05, 4.69) is 0 Å². The van der Waals surface area contributed by atoms with E-state index in [-0.39, 0.29) is 12.5 Å². The number of aliphatic carboxylic acids is 1. The van der Waals surface area contributed by atoms with Crippen LogP contribution >= 0.6 is 0 Å². The van der Waals surface area contributed by atoms with Crippen molar-refractivity contribution < 1.29 is 14.3 Å². The molecule has 0 amide bonds. The second-order valence-electron chi connectivity index (χ2n) is 3.64. The van der Waals surface area contributed by atoms with E-state index < -0.39 is 14.3 Å². The van der Waals surface area contributed by atoms with Crippen molar-refractivity contribution in [2.24, 2.45) is 0 Å². The lowest BCUT2D eigenvalue weighted by atomic mass is 10.3. The van der Waals surface area contributed by atoms with E-state index in [4.69, 9.17) is 9.53 Å². The van der Waals surface area contributed by atoms with Crippen molar-refractivity contribution in [1.82, 2.24) is 0 Å². The SMILES string of the molecule is CC(CC(=O)O)O[Si](C)(C)C. The number of carbonyl (C=O) groups is 1. The summed E-state index contributed by atoms with van der Waals surface area (Å²) in [4.78, 5) is 10.2. The topological polar surface area (TPSA) is 46.5 Å². The lowest BCUT2D eigenvalue weighted by Crippen LogP contribution is -2.31. The smallest absolute Gasteiger partial charge is 0.305 e. The van der Waals surface area contributed by atoms with Crippen LogP contribution in [0.15, 0.2) is 0 Å². The van der Waals surface area contributed by atoms with E-state index in [0.29, 0.717) is 0 Å². The van der Waals surface area contributed by atoms with Crippen LogP contribution in [0.3, 0.4) is 0 Å². The van der Waals surface area contributed by atoms with Crippen molar-refractivity contribution >= 4 is 14.3 Å². The Kier molecular flexibility index (Phi) is 3.75. The Balaban J connectivity index is 3.69. The van der Waals surface area contributed by atoms with Crippen molar-refractivity contribution in [2.45, 2.75) is 39.1 Å². The summed E-state index contributed by atoms with van der Waals surface area (Å²) in [6.07, 6.45) is -0.0521. The van der Waals surface area contributed by atoms with Gasteiger partial charge in [-0.25, -0.2) is 0 Å². The van der Waals surface area contributed by atoms with E-state index in [9.17, 15) is 4.79 Å². The molecule has 0 rings (SSSR count). The highest BCUT2D eigenvalue weighted by Gasteiger charge is 2.19. The lowest BCUT2D eigenvalue weighted by molar-refractivity contribution is -0.138. The van der Waals surface area contributed by atoms with Crippen molar-refractivity contribution in [3.63, 3.8) is 0 Å². The van der Waals surface area contributed by atoms with Crippen LogP contribution in [0.5, 0.6) is 0 Å². The molecule has 0 fully saturated rings. The molecule has 0 aliphatic carbocycles. The van der Waals surface area contributed by atoms with Gasteiger partial charge in [0.15, 0.2) is 8.32 Å². The molecular weight excluding hydrogens is 160 g/mol. The monoisotopic (exact) mass is 176 g/mol. The molecule has 1 N–H and O–H groups in total. The standard InChI is InChI=1S/C7H16O3Si/c1-6(5-7(8)9)10-11(2,3)4/h6H,5H2,1-4H3,(H,8,9). The van der Waals surface area contributed by atoms with Crippen molar-refractivity contribution in [3.05, 3.63) is 0 Å². The number of carboxylic acid groups (broad SMARTS) is 1. The molecule has 0 aromatic rings. The third-order valence-electron chi connectivity index (χ3n) is 1.02. The molecule has 3 nitrogen and oxygen atoms in total. The first-order valence-corrected chi connectivity index (χ1v) is 7.11. The summed E-state index contributed by atoms with van der Waals surface area (Å²) in [6, 6.07) is 0. The van der Waals surface area contributed by atoms with Gasteiger partial charge in [0, 0.05) is 0 Å². The van der Waals surface area contributed by atoms with Gasteiger partial charge in [-0.3, -0.25) is 4.79 Å². The van der Waals surface area contributed by atoms with E-state index in [1.54, 1.807) is 6.92 Å². The predicted molar refractivity (Wildman–Crippen MR) is 46.1 cm³/mol. The van der Waals surface area contributed by atoms with E-state index in [1.807, 2.05) is 19.6 Å². The number of hydrogen-bond donors (Lipinski definition) is 1. The maximum atomic E-state index is 10.2. The van der Waals surface area contributed by atoms with Crippen molar-refractivity contribution in [3.8, 4) is 0 Å². The molecule has 66 valence electrons. The van der Waals surface area contributed by atoms with Crippen molar-refractivity contribution in [2.75, 3.05) is 0 Å². The minimum atomic E-state index is -1.55. The van der Waals surface area contributed by atoms with Gasteiger partial charge in [0.25, 0.3) is 0 Å². The van der Waals surface area contributed by atoms with Crippen LogP contribution in [0.2, 0.25) is 19.6 Å². The van der Waals surface area contributed by atoms with Gasteiger partial charge in [-0.05, 0) is 26.6 Å². The Bertz CT molecular complexity index is 139. The summed E-state index contributed by atoms with van der Waals surface area (Å²) >= 11 is 0. The predicted octanol–water partition coefficient (Wildman–Crippen LogP) is 1.70. The summed E-state index contributed by atoms with van der Waals surface area (Å²) in [6.45, 7) is 7.94. The lowest BCUT2D eigenvalue weighted by Gasteiger charge is -2.21. The fourth-order valence-electron chi connectivity index (χ4n) is 0.891. The molecule has 0 aliphatic heterocycles. The fourth-order valence-corrected chi connectivity index (χ4v) is 2.18. The molecule has 0 aromatic carbocycles. The third-order valence-corrected chi connectivity index (χ3v) is 2.13. The van der Waals surface area contributed by atoms with Gasteiger partial charge < -0.3 is 9.53 Å². The van der Waals surface area contributed by atoms with Crippen LogP contribution in [0.4, 0.5) is 0 Å². The normalized spacial score (nSPS) is 14.5. The Hall–Kier alpha value is -0.353. The van der Waals surface area contributed by atoms with Gasteiger partial charge in [-0.15, -0.1) is 0 Å². The van der Waals surface area contributed by atoms with Gasteiger partial charge in [0.05, 0.1) is 12.5 Å². The quantitative estimate of drug-likeness (QED) is 0.663. The second-order valence-corrected chi connectivity index (χ2v) is 8.10. The van der Waals surface area contributed by atoms with Gasteiger partial charge in [-0.1, -0.05) is 0 Å². The average Bonchev–Trinajstić information content (AvgIpc) is 1.53. The average molecular weight is 176 g/mol. The molecule has 0 aromatic heterocycles. The molecule has 11 heavy (non-hydrogen) atoms. The largest absolute Gasteiger partial charge is 0.481 e. The zero-order valence-electron chi connectivity index (χ0n) is 7.55. The Morgan fingerprint density at radius 1 is 1.55 bits per heavy atom. The van der Waals surface area contributed by atoms with Crippen LogP contribution in [0, 0.1) is 0 Å². The molecule has 0 bridgehead atoms. The van der Waals surface area contributed by atoms with Gasteiger partial charge in [0.1, 0.15) is 0 Å².